The highest BCUT2D eigenvalue weighted by Gasteiger charge is 2.33. The molecule has 10 nitrogen and oxygen atoms in total. The Bertz CT molecular complexity index is 1410. The van der Waals surface area contributed by atoms with Crippen LogP contribution in [-0.2, 0) is 4.79 Å². The van der Waals surface area contributed by atoms with E-state index in [9.17, 15) is 9.59 Å². The first-order chi connectivity index (χ1) is 15.4. The van der Waals surface area contributed by atoms with E-state index in [0.717, 1.165) is 11.1 Å². The molecule has 1 atom stereocenters. The molecule has 1 fully saturated rings. The zero-order chi connectivity index (χ0) is 22.4. The number of nitrogens with zero attached hydrogens (tertiary/aromatic N) is 6. The van der Waals surface area contributed by atoms with Crippen molar-refractivity contribution in [2.24, 2.45) is 5.92 Å². The van der Waals surface area contributed by atoms with E-state index in [0.29, 0.717) is 41.2 Å². The minimum atomic E-state index is -0.719. The molecule has 5 heterocycles. The number of aryl methyl sites for hydroxylation is 1. The van der Waals surface area contributed by atoms with E-state index < -0.39 is 11.9 Å². The molecule has 1 saturated heterocycles. The number of rotatable bonds is 4. The molecule has 0 saturated carbocycles. The van der Waals surface area contributed by atoms with E-state index in [4.69, 9.17) is 5.26 Å². The monoisotopic (exact) mass is 428 g/mol. The first-order valence-corrected chi connectivity index (χ1v) is 10.2. The fraction of sp³-hybridized carbons (Fsp3) is 0.273. The molecule has 2 amide bonds. The van der Waals surface area contributed by atoms with Gasteiger partial charge in [0, 0.05) is 25.5 Å². The van der Waals surface area contributed by atoms with E-state index in [-0.39, 0.29) is 11.8 Å². The molecule has 10 heteroatoms. The molecule has 1 aliphatic rings. The lowest BCUT2D eigenvalue weighted by atomic mass is 10.0. The standard InChI is InChI=1S/C22H20N8O2/c1-12-3-4-17-19(26-11-30(17)8-12)16-7-25-20-18(28-16)15(6-24-20)21(31)27-13(2)22(32)29-9-14(5-23)10-29/h3-4,6-8,11,13-14H,9-10H2,1-2H3,(H,24,25)(H,27,31). The fourth-order valence-corrected chi connectivity index (χ4v) is 3.84. The van der Waals surface area contributed by atoms with Crippen LogP contribution in [0.1, 0.15) is 22.8 Å². The lowest BCUT2D eigenvalue weighted by Gasteiger charge is -2.37. The summed E-state index contributed by atoms with van der Waals surface area (Å²) in [6, 6.07) is 5.38. The Balaban J connectivity index is 1.40. The van der Waals surface area contributed by atoms with Crippen LogP contribution >= 0.6 is 0 Å². The van der Waals surface area contributed by atoms with Crippen LogP contribution in [-0.4, -0.2) is 60.2 Å². The third-order valence-corrected chi connectivity index (χ3v) is 5.64. The van der Waals surface area contributed by atoms with Crippen LogP contribution in [0.5, 0.6) is 0 Å². The molecular weight excluding hydrogens is 408 g/mol. The lowest BCUT2D eigenvalue weighted by molar-refractivity contribution is -0.137. The lowest BCUT2D eigenvalue weighted by Crippen LogP contribution is -2.55. The summed E-state index contributed by atoms with van der Waals surface area (Å²) < 4.78 is 1.92. The van der Waals surface area contributed by atoms with Crippen LogP contribution in [0.25, 0.3) is 28.1 Å². The summed E-state index contributed by atoms with van der Waals surface area (Å²) in [5, 5.41) is 11.6. The van der Waals surface area contributed by atoms with Gasteiger partial charge in [0.05, 0.1) is 29.3 Å². The quantitative estimate of drug-likeness (QED) is 0.508. The van der Waals surface area contributed by atoms with Crippen molar-refractivity contribution in [3.05, 3.63) is 48.2 Å². The SMILES string of the molecule is Cc1ccc2c(-c3cnc4[nH]cc(C(=O)NC(C)C(=O)N5CC(C#N)C5)c4n3)ncn2c1. The summed E-state index contributed by atoms with van der Waals surface area (Å²) in [7, 11) is 0. The van der Waals surface area contributed by atoms with Gasteiger partial charge < -0.3 is 19.6 Å². The van der Waals surface area contributed by atoms with Crippen molar-refractivity contribution in [3.63, 3.8) is 0 Å². The number of pyridine rings is 1. The zero-order valence-corrected chi connectivity index (χ0v) is 17.5. The van der Waals surface area contributed by atoms with Crippen molar-refractivity contribution < 1.29 is 9.59 Å². The Kier molecular flexibility index (Phi) is 4.59. The highest BCUT2D eigenvalue weighted by atomic mass is 16.2. The molecule has 0 radical (unpaired) electrons. The second-order valence-electron chi connectivity index (χ2n) is 8.01. The number of carbonyl (C=O) groups excluding carboxylic acids is 2. The van der Waals surface area contributed by atoms with Gasteiger partial charge in [0.25, 0.3) is 5.91 Å². The second-order valence-corrected chi connectivity index (χ2v) is 8.01. The van der Waals surface area contributed by atoms with Crippen molar-refractivity contribution in [1.29, 1.82) is 5.26 Å². The number of nitrogens with one attached hydrogen (secondary N) is 2. The maximum absolute atomic E-state index is 12.9. The minimum absolute atomic E-state index is 0.132. The van der Waals surface area contributed by atoms with E-state index in [2.05, 4.69) is 31.3 Å². The Morgan fingerprint density at radius 3 is 2.91 bits per heavy atom. The summed E-state index contributed by atoms with van der Waals surface area (Å²) >= 11 is 0. The number of likely N-dealkylation sites (tertiary alicyclic amines) is 1. The van der Waals surface area contributed by atoms with Crippen molar-refractivity contribution in [2.45, 2.75) is 19.9 Å². The molecule has 0 spiro atoms. The maximum Gasteiger partial charge on any atom is 0.255 e. The molecule has 1 unspecified atom stereocenters. The maximum atomic E-state index is 12.9. The van der Waals surface area contributed by atoms with Gasteiger partial charge in [-0.1, -0.05) is 6.07 Å². The topological polar surface area (TPSA) is 132 Å². The van der Waals surface area contributed by atoms with E-state index >= 15 is 0 Å². The third-order valence-electron chi connectivity index (χ3n) is 5.64. The molecule has 0 bridgehead atoms. The molecule has 5 rings (SSSR count). The molecule has 4 aromatic heterocycles. The van der Waals surface area contributed by atoms with E-state index in [1.807, 2.05) is 29.7 Å². The third kappa shape index (κ3) is 3.24. The Labute approximate surface area is 182 Å². The van der Waals surface area contributed by atoms with Crippen LogP contribution in [0, 0.1) is 24.2 Å². The molecule has 1 aliphatic heterocycles. The Morgan fingerprint density at radius 2 is 2.12 bits per heavy atom. The van der Waals surface area contributed by atoms with Crippen LogP contribution < -0.4 is 5.32 Å². The van der Waals surface area contributed by atoms with E-state index in [1.54, 1.807) is 24.3 Å². The van der Waals surface area contributed by atoms with Gasteiger partial charge in [-0.05, 0) is 25.5 Å². The molecule has 32 heavy (non-hydrogen) atoms. The average molecular weight is 428 g/mol. The second kappa shape index (κ2) is 7.46. The average Bonchev–Trinajstić information content (AvgIpc) is 3.35. The molecule has 0 aliphatic carbocycles. The highest BCUT2D eigenvalue weighted by molar-refractivity contribution is 6.06. The number of H-pyrrole nitrogens is 1. The largest absolute Gasteiger partial charge is 0.344 e. The molecule has 0 aromatic carbocycles. The number of imidazole rings is 1. The highest BCUT2D eigenvalue weighted by Crippen LogP contribution is 2.24. The predicted molar refractivity (Wildman–Crippen MR) is 115 cm³/mol. The zero-order valence-electron chi connectivity index (χ0n) is 17.5. The Hall–Kier alpha value is -4.26. The summed E-state index contributed by atoms with van der Waals surface area (Å²) in [4.78, 5) is 43.4. The van der Waals surface area contributed by atoms with Crippen LogP contribution in [0.15, 0.2) is 37.1 Å². The predicted octanol–water partition coefficient (Wildman–Crippen LogP) is 1.68. The van der Waals surface area contributed by atoms with Gasteiger partial charge in [-0.25, -0.2) is 15.0 Å². The van der Waals surface area contributed by atoms with Gasteiger partial charge in [0.15, 0.2) is 5.65 Å². The first-order valence-electron chi connectivity index (χ1n) is 10.2. The number of nitriles is 1. The van der Waals surface area contributed by atoms with Crippen molar-refractivity contribution in [2.75, 3.05) is 13.1 Å². The van der Waals surface area contributed by atoms with E-state index in [1.165, 1.54) is 6.20 Å². The first kappa shape index (κ1) is 19.7. The van der Waals surface area contributed by atoms with Crippen molar-refractivity contribution in [1.82, 2.24) is 34.6 Å². The van der Waals surface area contributed by atoms with Gasteiger partial charge in [-0.2, -0.15) is 5.26 Å². The van der Waals surface area contributed by atoms with Crippen molar-refractivity contribution in [3.8, 4) is 17.5 Å². The molecule has 2 N–H and O–H groups in total. The number of hydrogen-bond donors (Lipinski definition) is 2. The smallest absolute Gasteiger partial charge is 0.255 e. The number of aromatic amines is 1. The van der Waals surface area contributed by atoms with Crippen LogP contribution in [0.4, 0.5) is 0 Å². The number of carbonyl (C=O) groups is 2. The molecule has 160 valence electrons. The number of fused-ring (bicyclic) bond motifs is 2. The summed E-state index contributed by atoms with van der Waals surface area (Å²) in [5.41, 5.74) is 4.38. The number of amides is 2. The summed E-state index contributed by atoms with van der Waals surface area (Å²) in [6.07, 6.45) is 6.84. The number of hydrogen-bond acceptors (Lipinski definition) is 6. The normalized spacial score (nSPS) is 14.8. The molecular formula is C22H20N8O2. The fourth-order valence-electron chi connectivity index (χ4n) is 3.84. The molecule has 4 aromatic rings. The van der Waals surface area contributed by atoms with Crippen LogP contribution in [0.2, 0.25) is 0 Å². The van der Waals surface area contributed by atoms with Gasteiger partial charge in [0.1, 0.15) is 29.3 Å². The summed E-state index contributed by atoms with van der Waals surface area (Å²) in [6.45, 7) is 4.43. The van der Waals surface area contributed by atoms with Gasteiger partial charge in [-0.3, -0.25) is 9.59 Å². The van der Waals surface area contributed by atoms with Gasteiger partial charge in [-0.15, -0.1) is 0 Å². The van der Waals surface area contributed by atoms with Gasteiger partial charge in [0.2, 0.25) is 5.91 Å². The number of aromatic nitrogens is 5. The van der Waals surface area contributed by atoms with Gasteiger partial charge >= 0.3 is 0 Å². The van der Waals surface area contributed by atoms with Crippen LogP contribution in [0.3, 0.4) is 0 Å². The van der Waals surface area contributed by atoms with Crippen molar-refractivity contribution >= 4 is 28.5 Å². The summed E-state index contributed by atoms with van der Waals surface area (Å²) in [5.74, 6) is -0.769. The Morgan fingerprint density at radius 1 is 1.31 bits per heavy atom. The minimum Gasteiger partial charge on any atom is -0.344 e.